The molecule has 3 rings (SSSR count). The molecule has 2 aromatic carbocycles. The number of rotatable bonds is 10. The van der Waals surface area contributed by atoms with Crippen molar-refractivity contribution < 1.29 is 32.9 Å². The zero-order valence-electron chi connectivity index (χ0n) is 17.3. The van der Waals surface area contributed by atoms with Gasteiger partial charge in [0, 0.05) is 6.42 Å². The van der Waals surface area contributed by atoms with Crippen molar-refractivity contribution in [1.82, 2.24) is 0 Å². The first-order valence-corrected chi connectivity index (χ1v) is 10.3. The molecule has 8 heteroatoms. The lowest BCUT2D eigenvalue weighted by Crippen LogP contribution is -2.47. The van der Waals surface area contributed by atoms with E-state index in [-0.39, 0.29) is 25.2 Å². The van der Waals surface area contributed by atoms with Crippen molar-refractivity contribution in [1.29, 1.82) is 0 Å². The second-order valence-corrected chi connectivity index (χ2v) is 8.00. The molecule has 31 heavy (non-hydrogen) atoms. The number of halogens is 3. The van der Waals surface area contributed by atoms with Crippen LogP contribution in [-0.4, -0.2) is 42.2 Å². The summed E-state index contributed by atoms with van der Waals surface area (Å²) in [5.41, 5.74) is 6.43. The standard InChI is InChI=1S/C23H28F3NO4/c24-23(25,26)19-13-17(7-9-22(27,14-28)15-29)4-6-21(19)30-10-1-2-16-3-5-20-18(12-16)8-11-31-20/h3-6,12-13,28-29H,1-2,7-11,14-15,27H2. The third-order valence-electron chi connectivity index (χ3n) is 5.51. The number of hydrogen-bond acceptors (Lipinski definition) is 5. The lowest BCUT2D eigenvalue weighted by Gasteiger charge is -2.24. The van der Waals surface area contributed by atoms with Crippen LogP contribution in [-0.2, 0) is 25.4 Å². The summed E-state index contributed by atoms with van der Waals surface area (Å²) in [6.07, 6.45) is -2.04. The minimum absolute atomic E-state index is 0.156. The molecule has 0 saturated carbocycles. The first-order chi connectivity index (χ1) is 14.7. The molecule has 4 N–H and O–H groups in total. The maximum absolute atomic E-state index is 13.5. The SMILES string of the molecule is NC(CO)(CO)CCc1ccc(OCCCc2ccc3c(c2)CCO3)c(C(F)(F)F)c1. The lowest BCUT2D eigenvalue weighted by atomic mass is 9.93. The van der Waals surface area contributed by atoms with Crippen molar-refractivity contribution in [3.05, 3.63) is 58.7 Å². The molecule has 5 nitrogen and oxygen atoms in total. The van der Waals surface area contributed by atoms with E-state index in [0.717, 1.165) is 29.4 Å². The minimum atomic E-state index is -4.56. The summed E-state index contributed by atoms with van der Waals surface area (Å²) >= 11 is 0. The Kier molecular flexibility index (Phi) is 7.46. The number of ether oxygens (including phenoxy) is 2. The van der Waals surface area contributed by atoms with Crippen LogP contribution in [0.3, 0.4) is 0 Å². The van der Waals surface area contributed by atoms with Crippen LogP contribution in [0.25, 0.3) is 0 Å². The molecule has 0 aliphatic carbocycles. The second-order valence-electron chi connectivity index (χ2n) is 8.00. The van der Waals surface area contributed by atoms with Crippen LogP contribution in [0.2, 0.25) is 0 Å². The van der Waals surface area contributed by atoms with Crippen LogP contribution in [0.15, 0.2) is 36.4 Å². The molecule has 1 aliphatic heterocycles. The summed E-state index contributed by atoms with van der Waals surface area (Å²) in [7, 11) is 0. The molecule has 0 saturated heterocycles. The molecule has 0 bridgehead atoms. The number of fused-ring (bicyclic) bond motifs is 1. The highest BCUT2D eigenvalue weighted by Gasteiger charge is 2.35. The number of nitrogens with two attached hydrogens (primary N) is 1. The summed E-state index contributed by atoms with van der Waals surface area (Å²) in [5, 5.41) is 18.5. The molecule has 1 heterocycles. The highest BCUT2D eigenvalue weighted by atomic mass is 19.4. The fourth-order valence-electron chi connectivity index (χ4n) is 3.54. The van der Waals surface area contributed by atoms with E-state index in [1.54, 1.807) is 6.07 Å². The van der Waals surface area contributed by atoms with Crippen LogP contribution in [0.1, 0.15) is 35.1 Å². The monoisotopic (exact) mass is 439 g/mol. The first-order valence-electron chi connectivity index (χ1n) is 10.3. The van der Waals surface area contributed by atoms with Crippen molar-refractivity contribution in [2.45, 2.75) is 43.8 Å². The molecule has 0 fully saturated rings. The fraction of sp³-hybridized carbons (Fsp3) is 0.478. The van der Waals surface area contributed by atoms with Gasteiger partial charge in [0.15, 0.2) is 0 Å². The van der Waals surface area contributed by atoms with Crippen LogP contribution in [0, 0.1) is 0 Å². The van der Waals surface area contributed by atoms with E-state index < -0.39 is 30.5 Å². The maximum atomic E-state index is 13.5. The molecule has 0 spiro atoms. The number of aliphatic hydroxyl groups is 2. The van der Waals surface area contributed by atoms with Crippen LogP contribution in [0.4, 0.5) is 13.2 Å². The second kappa shape index (κ2) is 9.89. The van der Waals surface area contributed by atoms with Crippen molar-refractivity contribution in [2.75, 3.05) is 26.4 Å². The van der Waals surface area contributed by atoms with E-state index in [1.807, 2.05) is 12.1 Å². The van der Waals surface area contributed by atoms with Crippen molar-refractivity contribution in [3.63, 3.8) is 0 Å². The molecule has 0 amide bonds. The normalized spacial score (nSPS) is 13.7. The number of aryl methyl sites for hydroxylation is 2. The van der Waals surface area contributed by atoms with Gasteiger partial charge in [-0.15, -0.1) is 0 Å². The Morgan fingerprint density at radius 1 is 1.00 bits per heavy atom. The topological polar surface area (TPSA) is 84.9 Å². The summed E-state index contributed by atoms with van der Waals surface area (Å²) in [6.45, 7) is -0.0521. The van der Waals surface area contributed by atoms with Gasteiger partial charge in [0.05, 0.1) is 37.5 Å². The summed E-state index contributed by atoms with van der Waals surface area (Å²) in [6, 6.07) is 9.90. The Balaban J connectivity index is 1.59. The first kappa shape index (κ1) is 23.4. The Morgan fingerprint density at radius 2 is 1.71 bits per heavy atom. The zero-order chi connectivity index (χ0) is 22.5. The zero-order valence-corrected chi connectivity index (χ0v) is 17.3. The van der Waals surface area contributed by atoms with Gasteiger partial charge in [-0.05, 0) is 60.6 Å². The molecular weight excluding hydrogens is 411 g/mol. The molecule has 0 unspecified atom stereocenters. The Labute approximate surface area is 179 Å². The van der Waals surface area contributed by atoms with Gasteiger partial charge in [-0.2, -0.15) is 13.2 Å². The lowest BCUT2D eigenvalue weighted by molar-refractivity contribution is -0.139. The summed E-state index contributed by atoms with van der Waals surface area (Å²) in [4.78, 5) is 0. The van der Waals surface area contributed by atoms with Gasteiger partial charge in [-0.1, -0.05) is 18.2 Å². The van der Waals surface area contributed by atoms with E-state index in [4.69, 9.17) is 15.2 Å². The van der Waals surface area contributed by atoms with Gasteiger partial charge in [0.1, 0.15) is 11.5 Å². The quantitative estimate of drug-likeness (QED) is 0.495. The van der Waals surface area contributed by atoms with Crippen LogP contribution >= 0.6 is 0 Å². The van der Waals surface area contributed by atoms with Crippen LogP contribution in [0.5, 0.6) is 11.5 Å². The largest absolute Gasteiger partial charge is 0.493 e. The molecule has 0 aromatic heterocycles. The number of aliphatic hydroxyl groups excluding tert-OH is 2. The summed E-state index contributed by atoms with van der Waals surface area (Å²) in [5.74, 6) is 0.696. The van der Waals surface area contributed by atoms with E-state index >= 15 is 0 Å². The van der Waals surface area contributed by atoms with Crippen molar-refractivity contribution in [3.8, 4) is 11.5 Å². The number of hydrogen-bond donors (Lipinski definition) is 3. The van der Waals surface area contributed by atoms with E-state index in [2.05, 4.69) is 6.07 Å². The van der Waals surface area contributed by atoms with Gasteiger partial charge in [0.25, 0.3) is 0 Å². The molecule has 2 aromatic rings. The highest BCUT2D eigenvalue weighted by molar-refractivity contribution is 5.40. The average molecular weight is 439 g/mol. The molecule has 170 valence electrons. The minimum Gasteiger partial charge on any atom is -0.493 e. The molecule has 1 aliphatic rings. The van der Waals surface area contributed by atoms with Crippen molar-refractivity contribution in [2.24, 2.45) is 5.73 Å². The van der Waals surface area contributed by atoms with Crippen molar-refractivity contribution >= 4 is 0 Å². The summed E-state index contributed by atoms with van der Waals surface area (Å²) < 4.78 is 51.6. The Bertz CT molecular complexity index is 882. The van der Waals surface area contributed by atoms with Crippen LogP contribution < -0.4 is 15.2 Å². The maximum Gasteiger partial charge on any atom is 0.419 e. The predicted octanol–water partition coefficient (Wildman–Crippen LogP) is 3.27. The van der Waals surface area contributed by atoms with Gasteiger partial charge in [0.2, 0.25) is 0 Å². The fourth-order valence-corrected chi connectivity index (χ4v) is 3.54. The predicted molar refractivity (Wildman–Crippen MR) is 110 cm³/mol. The van der Waals surface area contributed by atoms with E-state index in [1.165, 1.54) is 6.07 Å². The molecule has 0 radical (unpaired) electrons. The molecule has 0 atom stereocenters. The Hall–Kier alpha value is -2.29. The van der Waals surface area contributed by atoms with E-state index in [0.29, 0.717) is 25.0 Å². The van der Waals surface area contributed by atoms with E-state index in [9.17, 15) is 23.4 Å². The number of benzene rings is 2. The third kappa shape index (κ3) is 6.12. The third-order valence-corrected chi connectivity index (χ3v) is 5.51. The molecular formula is C23H28F3NO4. The van der Waals surface area contributed by atoms with Gasteiger partial charge in [-0.3, -0.25) is 0 Å². The van der Waals surface area contributed by atoms with Gasteiger partial charge >= 0.3 is 6.18 Å². The smallest absolute Gasteiger partial charge is 0.419 e. The van der Waals surface area contributed by atoms with Gasteiger partial charge in [-0.25, -0.2) is 0 Å². The van der Waals surface area contributed by atoms with Gasteiger partial charge < -0.3 is 25.4 Å². The Morgan fingerprint density at radius 3 is 2.42 bits per heavy atom. The number of alkyl halides is 3. The average Bonchev–Trinajstić information content (AvgIpc) is 3.22. The highest BCUT2D eigenvalue weighted by Crippen LogP contribution is 2.37.